The summed E-state index contributed by atoms with van der Waals surface area (Å²) >= 11 is 0. The molecule has 0 spiro atoms. The standard InChI is InChI=1S/C17H26N2O2/c1-13-7-8-15(11-14(13)2)18-17(21)12-19(9-10-20)16-5-3-4-6-16/h7-8,11,16,20H,3-6,9-10,12H2,1-2H3,(H,18,21). The summed E-state index contributed by atoms with van der Waals surface area (Å²) in [5.41, 5.74) is 3.25. The van der Waals surface area contributed by atoms with Gasteiger partial charge < -0.3 is 10.4 Å². The number of rotatable bonds is 6. The van der Waals surface area contributed by atoms with Crippen LogP contribution >= 0.6 is 0 Å². The molecular formula is C17H26N2O2. The highest BCUT2D eigenvalue weighted by Crippen LogP contribution is 2.23. The zero-order valence-corrected chi connectivity index (χ0v) is 13.1. The number of nitrogens with one attached hydrogen (secondary N) is 1. The van der Waals surface area contributed by atoms with E-state index in [1.165, 1.54) is 24.0 Å². The molecule has 0 unspecified atom stereocenters. The zero-order valence-electron chi connectivity index (χ0n) is 13.1. The molecule has 21 heavy (non-hydrogen) atoms. The average Bonchev–Trinajstić information content (AvgIpc) is 2.96. The Morgan fingerprint density at radius 1 is 1.29 bits per heavy atom. The molecule has 1 fully saturated rings. The molecule has 0 saturated heterocycles. The maximum Gasteiger partial charge on any atom is 0.238 e. The van der Waals surface area contributed by atoms with Crippen molar-refractivity contribution in [2.24, 2.45) is 0 Å². The Labute approximate surface area is 127 Å². The number of carbonyl (C=O) groups excluding carboxylic acids is 1. The Bertz CT molecular complexity index is 482. The van der Waals surface area contributed by atoms with E-state index in [0.717, 1.165) is 18.5 Å². The number of carbonyl (C=O) groups is 1. The fourth-order valence-corrected chi connectivity index (χ4v) is 2.99. The lowest BCUT2D eigenvalue weighted by atomic mass is 10.1. The van der Waals surface area contributed by atoms with Crippen molar-refractivity contribution in [1.29, 1.82) is 0 Å². The van der Waals surface area contributed by atoms with Gasteiger partial charge >= 0.3 is 0 Å². The Morgan fingerprint density at radius 2 is 2.00 bits per heavy atom. The van der Waals surface area contributed by atoms with Crippen molar-refractivity contribution in [2.45, 2.75) is 45.6 Å². The van der Waals surface area contributed by atoms with E-state index in [1.807, 2.05) is 25.1 Å². The third-order valence-electron chi connectivity index (χ3n) is 4.37. The first-order chi connectivity index (χ1) is 10.1. The normalized spacial score (nSPS) is 15.6. The highest BCUT2D eigenvalue weighted by Gasteiger charge is 2.23. The van der Waals surface area contributed by atoms with Crippen molar-refractivity contribution >= 4 is 11.6 Å². The topological polar surface area (TPSA) is 52.6 Å². The quantitative estimate of drug-likeness (QED) is 0.846. The maximum absolute atomic E-state index is 12.2. The van der Waals surface area contributed by atoms with Crippen LogP contribution in [0.5, 0.6) is 0 Å². The van der Waals surface area contributed by atoms with E-state index in [4.69, 9.17) is 0 Å². The molecule has 0 aliphatic heterocycles. The summed E-state index contributed by atoms with van der Waals surface area (Å²) in [6, 6.07) is 6.40. The maximum atomic E-state index is 12.2. The summed E-state index contributed by atoms with van der Waals surface area (Å²) < 4.78 is 0. The van der Waals surface area contributed by atoms with Crippen LogP contribution in [0.1, 0.15) is 36.8 Å². The van der Waals surface area contributed by atoms with Crippen LogP contribution in [0.4, 0.5) is 5.69 Å². The summed E-state index contributed by atoms with van der Waals surface area (Å²) in [5.74, 6) is -0.00129. The van der Waals surface area contributed by atoms with Gasteiger partial charge in [-0.15, -0.1) is 0 Å². The SMILES string of the molecule is Cc1ccc(NC(=O)CN(CCO)C2CCCC2)cc1C. The Balaban J connectivity index is 1.93. The third-order valence-corrected chi connectivity index (χ3v) is 4.37. The fraction of sp³-hybridized carbons (Fsp3) is 0.588. The lowest BCUT2D eigenvalue weighted by Crippen LogP contribution is -2.41. The molecule has 1 aliphatic carbocycles. The molecule has 116 valence electrons. The van der Waals surface area contributed by atoms with Gasteiger partial charge in [0.05, 0.1) is 13.2 Å². The summed E-state index contributed by atoms with van der Waals surface area (Å²) in [6.45, 7) is 5.14. The van der Waals surface area contributed by atoms with Crippen LogP contribution in [0.2, 0.25) is 0 Å². The van der Waals surface area contributed by atoms with Gasteiger partial charge in [-0.05, 0) is 49.9 Å². The van der Waals surface area contributed by atoms with Crippen LogP contribution in [0.15, 0.2) is 18.2 Å². The molecule has 0 aromatic heterocycles. The zero-order chi connectivity index (χ0) is 15.2. The van der Waals surface area contributed by atoms with Crippen LogP contribution in [-0.4, -0.2) is 41.7 Å². The third kappa shape index (κ3) is 4.55. The van der Waals surface area contributed by atoms with Gasteiger partial charge in [0.15, 0.2) is 0 Å². The lowest BCUT2D eigenvalue weighted by molar-refractivity contribution is -0.118. The second-order valence-electron chi connectivity index (χ2n) is 5.98. The molecule has 1 aromatic rings. The molecular weight excluding hydrogens is 264 g/mol. The Hall–Kier alpha value is -1.39. The van der Waals surface area contributed by atoms with Crippen LogP contribution in [0.25, 0.3) is 0 Å². The molecule has 0 atom stereocenters. The second-order valence-corrected chi connectivity index (χ2v) is 5.98. The average molecular weight is 290 g/mol. The predicted octanol–water partition coefficient (Wildman–Crippen LogP) is 2.48. The molecule has 0 bridgehead atoms. The summed E-state index contributed by atoms with van der Waals surface area (Å²) in [5, 5.41) is 12.2. The van der Waals surface area contributed by atoms with Crippen molar-refractivity contribution in [3.05, 3.63) is 29.3 Å². The van der Waals surface area contributed by atoms with Crippen LogP contribution in [0, 0.1) is 13.8 Å². The minimum absolute atomic E-state index is 0.00129. The molecule has 2 rings (SSSR count). The van der Waals surface area contributed by atoms with E-state index < -0.39 is 0 Å². The minimum atomic E-state index is -0.00129. The van der Waals surface area contributed by atoms with Gasteiger partial charge in [0, 0.05) is 18.3 Å². The van der Waals surface area contributed by atoms with Crippen molar-refractivity contribution in [2.75, 3.05) is 25.0 Å². The first kappa shape index (κ1) is 16.0. The van der Waals surface area contributed by atoms with E-state index in [9.17, 15) is 9.90 Å². The highest BCUT2D eigenvalue weighted by atomic mass is 16.3. The second kappa shape index (κ2) is 7.57. The van der Waals surface area contributed by atoms with Crippen LogP contribution in [-0.2, 0) is 4.79 Å². The van der Waals surface area contributed by atoms with E-state index in [2.05, 4.69) is 17.1 Å². The molecule has 0 radical (unpaired) electrons. The number of aliphatic hydroxyl groups excluding tert-OH is 1. The molecule has 1 amide bonds. The summed E-state index contributed by atoms with van der Waals surface area (Å²) in [6.07, 6.45) is 4.73. The first-order valence-electron chi connectivity index (χ1n) is 7.82. The van der Waals surface area contributed by atoms with E-state index in [0.29, 0.717) is 19.1 Å². The number of benzene rings is 1. The van der Waals surface area contributed by atoms with Crippen LogP contribution < -0.4 is 5.32 Å². The van der Waals surface area contributed by atoms with Gasteiger partial charge in [0.1, 0.15) is 0 Å². The summed E-state index contributed by atoms with van der Waals surface area (Å²) in [7, 11) is 0. The number of amides is 1. The van der Waals surface area contributed by atoms with Crippen molar-refractivity contribution in [3.63, 3.8) is 0 Å². The van der Waals surface area contributed by atoms with Crippen molar-refractivity contribution in [3.8, 4) is 0 Å². The molecule has 1 aliphatic rings. The summed E-state index contributed by atoms with van der Waals surface area (Å²) in [4.78, 5) is 14.3. The number of anilines is 1. The molecule has 1 saturated carbocycles. The minimum Gasteiger partial charge on any atom is -0.395 e. The van der Waals surface area contributed by atoms with E-state index in [1.54, 1.807) is 0 Å². The van der Waals surface area contributed by atoms with E-state index >= 15 is 0 Å². The van der Waals surface area contributed by atoms with Gasteiger partial charge in [-0.3, -0.25) is 9.69 Å². The Morgan fingerprint density at radius 3 is 2.62 bits per heavy atom. The van der Waals surface area contributed by atoms with Gasteiger partial charge in [0.25, 0.3) is 0 Å². The molecule has 4 heteroatoms. The molecule has 1 aromatic carbocycles. The lowest BCUT2D eigenvalue weighted by Gasteiger charge is -2.27. The number of hydrogen-bond acceptors (Lipinski definition) is 3. The van der Waals surface area contributed by atoms with Crippen molar-refractivity contribution < 1.29 is 9.90 Å². The van der Waals surface area contributed by atoms with Crippen molar-refractivity contribution in [1.82, 2.24) is 4.90 Å². The van der Waals surface area contributed by atoms with Crippen LogP contribution in [0.3, 0.4) is 0 Å². The number of hydrogen-bond donors (Lipinski definition) is 2. The number of nitrogens with zero attached hydrogens (tertiary/aromatic N) is 1. The van der Waals surface area contributed by atoms with Gasteiger partial charge in [-0.2, -0.15) is 0 Å². The van der Waals surface area contributed by atoms with Gasteiger partial charge in [-0.25, -0.2) is 0 Å². The molecule has 2 N–H and O–H groups in total. The number of aliphatic hydroxyl groups is 1. The van der Waals surface area contributed by atoms with Gasteiger partial charge in [-0.1, -0.05) is 18.9 Å². The first-order valence-corrected chi connectivity index (χ1v) is 7.82. The molecule has 0 heterocycles. The smallest absolute Gasteiger partial charge is 0.238 e. The predicted molar refractivity (Wildman–Crippen MR) is 85.5 cm³/mol. The van der Waals surface area contributed by atoms with Gasteiger partial charge in [0.2, 0.25) is 5.91 Å². The monoisotopic (exact) mass is 290 g/mol. The fourth-order valence-electron chi connectivity index (χ4n) is 2.99. The largest absolute Gasteiger partial charge is 0.395 e. The highest BCUT2D eigenvalue weighted by molar-refractivity contribution is 5.92. The number of aryl methyl sites for hydroxylation is 2. The Kier molecular flexibility index (Phi) is 5.76. The molecule has 4 nitrogen and oxygen atoms in total. The van der Waals surface area contributed by atoms with E-state index in [-0.39, 0.29) is 12.5 Å².